The smallest absolute Gasteiger partial charge is 0.462 e. The quantitative estimate of drug-likeness (QED) is 0.0222. The average molecular weight is 1260 g/mol. The van der Waals surface area contributed by atoms with Crippen LogP contribution in [-0.2, 0) is 65.4 Å². The van der Waals surface area contributed by atoms with Crippen LogP contribution in [0.3, 0.4) is 0 Å². The lowest BCUT2D eigenvalue weighted by Crippen LogP contribution is -2.30. The van der Waals surface area contributed by atoms with Gasteiger partial charge in [-0.25, -0.2) is 9.13 Å². The molecule has 19 heteroatoms. The Morgan fingerprint density at radius 3 is 0.835 bits per heavy atom. The summed E-state index contributed by atoms with van der Waals surface area (Å²) in [6.45, 7) is 7.20. The molecule has 85 heavy (non-hydrogen) atoms. The number of phosphoric ester groups is 2. The molecule has 17 nitrogen and oxygen atoms in total. The second kappa shape index (κ2) is 59.7. The Morgan fingerprint density at radius 1 is 0.329 bits per heavy atom. The SMILES string of the molecule is CCCCCCCCCCCCCCC(=O)OC[C@H](COP(=O)(O)OC[C@@H](O)COP(=O)(O)OC[C@@H](COC(=O)CCCCCCCCC)OC(=O)CCCCCCCCCC)OC(=O)CCCCCCCCCCCCCCCCC(C)CC. The second-order valence-electron chi connectivity index (χ2n) is 24.1. The fourth-order valence-corrected chi connectivity index (χ4v) is 11.5. The summed E-state index contributed by atoms with van der Waals surface area (Å²) in [4.78, 5) is 72.1. The van der Waals surface area contributed by atoms with E-state index in [1.165, 1.54) is 141 Å². The number of carbonyl (C=O) groups is 4. The van der Waals surface area contributed by atoms with E-state index in [0.717, 1.165) is 115 Å². The first-order valence-corrected chi connectivity index (χ1v) is 37.7. The topological polar surface area (TPSA) is 237 Å². The van der Waals surface area contributed by atoms with Crippen LogP contribution in [0.1, 0.15) is 336 Å². The summed E-state index contributed by atoms with van der Waals surface area (Å²) in [5.74, 6) is -1.29. The maximum Gasteiger partial charge on any atom is 0.472 e. The predicted octanol–water partition coefficient (Wildman–Crippen LogP) is 18.6. The number of aliphatic hydroxyl groups is 1. The van der Waals surface area contributed by atoms with Gasteiger partial charge < -0.3 is 33.8 Å². The first-order valence-electron chi connectivity index (χ1n) is 34.7. The molecule has 0 aromatic carbocycles. The summed E-state index contributed by atoms with van der Waals surface area (Å²) < 4.78 is 67.9. The number of hydrogen-bond donors (Lipinski definition) is 3. The van der Waals surface area contributed by atoms with Gasteiger partial charge in [-0.05, 0) is 31.6 Å². The van der Waals surface area contributed by atoms with Crippen LogP contribution in [0.4, 0.5) is 0 Å². The highest BCUT2D eigenvalue weighted by molar-refractivity contribution is 7.47. The van der Waals surface area contributed by atoms with Gasteiger partial charge in [0.2, 0.25) is 0 Å². The van der Waals surface area contributed by atoms with E-state index < -0.39 is 97.5 Å². The van der Waals surface area contributed by atoms with Crippen molar-refractivity contribution < 1.29 is 80.2 Å². The minimum absolute atomic E-state index is 0.105. The molecule has 0 aliphatic carbocycles. The monoisotopic (exact) mass is 1250 g/mol. The molecule has 6 atom stereocenters. The standard InChI is InChI=1S/C66H128O17P2/c1-6-10-13-16-19-21-22-28-31-36-40-45-50-64(69)77-56-62(83-66(71)52-47-42-37-32-29-26-24-23-25-27-30-34-38-43-48-59(5)9-4)58-81-85(74,75)79-54-60(67)53-78-84(72,73)80-57-61(55-76-63(68)49-44-39-33-18-15-12-8-3)82-65(70)51-46-41-35-20-17-14-11-7-2/h59-62,67H,6-58H2,1-5H3,(H,72,73)(H,74,75)/t59?,60-,61+,62+/m0/s1. The molecule has 0 aliphatic rings. The van der Waals surface area contributed by atoms with Crippen LogP contribution in [0.2, 0.25) is 0 Å². The Morgan fingerprint density at radius 2 is 0.565 bits per heavy atom. The molecule has 0 aliphatic heterocycles. The normalized spacial score (nSPS) is 14.5. The highest BCUT2D eigenvalue weighted by Crippen LogP contribution is 2.45. The van der Waals surface area contributed by atoms with E-state index in [1.54, 1.807) is 0 Å². The molecule has 0 fully saturated rings. The summed E-state index contributed by atoms with van der Waals surface area (Å²) in [5.41, 5.74) is 0. The lowest BCUT2D eigenvalue weighted by Gasteiger charge is -2.21. The third-order valence-corrected chi connectivity index (χ3v) is 17.5. The van der Waals surface area contributed by atoms with Crippen molar-refractivity contribution in [2.45, 2.75) is 355 Å². The Labute approximate surface area is 517 Å². The van der Waals surface area contributed by atoms with Gasteiger partial charge in [0.05, 0.1) is 26.4 Å². The van der Waals surface area contributed by atoms with E-state index >= 15 is 0 Å². The third-order valence-electron chi connectivity index (χ3n) is 15.6. The molecule has 0 saturated carbocycles. The minimum atomic E-state index is -4.95. The van der Waals surface area contributed by atoms with Crippen LogP contribution in [0.15, 0.2) is 0 Å². The van der Waals surface area contributed by atoms with E-state index in [0.29, 0.717) is 25.7 Å². The van der Waals surface area contributed by atoms with Gasteiger partial charge in [-0.15, -0.1) is 0 Å². The largest absolute Gasteiger partial charge is 0.472 e. The van der Waals surface area contributed by atoms with Crippen molar-refractivity contribution in [2.24, 2.45) is 5.92 Å². The molecule has 3 N–H and O–H groups in total. The highest BCUT2D eigenvalue weighted by Gasteiger charge is 2.30. The number of hydrogen-bond acceptors (Lipinski definition) is 15. The van der Waals surface area contributed by atoms with Gasteiger partial charge in [-0.2, -0.15) is 0 Å². The van der Waals surface area contributed by atoms with Gasteiger partial charge in [0.1, 0.15) is 19.3 Å². The molecule has 3 unspecified atom stereocenters. The maximum absolute atomic E-state index is 13.0. The molecule has 0 heterocycles. The molecule has 0 radical (unpaired) electrons. The van der Waals surface area contributed by atoms with Gasteiger partial charge >= 0.3 is 39.5 Å². The minimum Gasteiger partial charge on any atom is -0.462 e. The zero-order valence-electron chi connectivity index (χ0n) is 54.7. The van der Waals surface area contributed by atoms with Crippen LogP contribution in [0, 0.1) is 5.92 Å². The Bertz CT molecular complexity index is 1650. The fourth-order valence-electron chi connectivity index (χ4n) is 9.90. The van der Waals surface area contributed by atoms with Gasteiger partial charge in [0.15, 0.2) is 12.2 Å². The van der Waals surface area contributed by atoms with Gasteiger partial charge in [0, 0.05) is 25.7 Å². The first-order chi connectivity index (χ1) is 41.1. The number of carbonyl (C=O) groups excluding carboxylic acids is 4. The number of esters is 4. The van der Waals surface area contributed by atoms with Crippen molar-refractivity contribution in [3.05, 3.63) is 0 Å². The summed E-state index contributed by atoms with van der Waals surface area (Å²) >= 11 is 0. The summed E-state index contributed by atoms with van der Waals surface area (Å²) in [6.07, 6.45) is 44.5. The van der Waals surface area contributed by atoms with Gasteiger partial charge in [0.25, 0.3) is 0 Å². The Hall–Kier alpha value is -1.94. The van der Waals surface area contributed by atoms with Gasteiger partial charge in [-0.1, -0.05) is 285 Å². The van der Waals surface area contributed by atoms with Crippen molar-refractivity contribution in [3.63, 3.8) is 0 Å². The van der Waals surface area contributed by atoms with Crippen LogP contribution in [-0.4, -0.2) is 96.7 Å². The zero-order chi connectivity index (χ0) is 62.8. The van der Waals surface area contributed by atoms with Crippen molar-refractivity contribution in [1.29, 1.82) is 0 Å². The molecule has 0 aromatic rings. The number of unbranched alkanes of at least 4 members (excludes halogenated alkanes) is 37. The van der Waals surface area contributed by atoms with Gasteiger partial charge in [-0.3, -0.25) is 37.3 Å². The Balaban J connectivity index is 5.16. The molecule has 0 spiro atoms. The van der Waals surface area contributed by atoms with E-state index in [4.69, 9.17) is 37.0 Å². The molecule has 0 bridgehead atoms. The van der Waals surface area contributed by atoms with Crippen molar-refractivity contribution in [3.8, 4) is 0 Å². The summed E-state index contributed by atoms with van der Waals surface area (Å²) in [7, 11) is -9.88. The van der Waals surface area contributed by atoms with E-state index in [2.05, 4.69) is 34.6 Å². The van der Waals surface area contributed by atoms with Crippen molar-refractivity contribution in [2.75, 3.05) is 39.6 Å². The summed E-state index contributed by atoms with van der Waals surface area (Å²) in [5, 5.41) is 10.5. The lowest BCUT2D eigenvalue weighted by atomic mass is 9.99. The van der Waals surface area contributed by atoms with Crippen molar-refractivity contribution >= 4 is 39.5 Å². The molecule has 0 rings (SSSR count). The van der Waals surface area contributed by atoms with Crippen LogP contribution < -0.4 is 0 Å². The van der Waals surface area contributed by atoms with Crippen LogP contribution >= 0.6 is 15.6 Å². The van der Waals surface area contributed by atoms with Crippen LogP contribution in [0.25, 0.3) is 0 Å². The third kappa shape index (κ3) is 59.5. The number of phosphoric acid groups is 2. The maximum atomic E-state index is 13.0. The molecule has 0 amide bonds. The van der Waals surface area contributed by atoms with E-state index in [-0.39, 0.29) is 25.7 Å². The van der Waals surface area contributed by atoms with Crippen LogP contribution in [0.5, 0.6) is 0 Å². The second-order valence-corrected chi connectivity index (χ2v) is 27.0. The van der Waals surface area contributed by atoms with E-state index in [9.17, 15) is 43.2 Å². The summed E-state index contributed by atoms with van der Waals surface area (Å²) in [6, 6.07) is 0. The number of rotatable bonds is 66. The molecular formula is C66H128O17P2. The fraction of sp³-hybridized carbons (Fsp3) is 0.939. The molecule has 504 valence electrons. The van der Waals surface area contributed by atoms with Crippen molar-refractivity contribution in [1.82, 2.24) is 0 Å². The number of ether oxygens (including phenoxy) is 4. The Kier molecular flexibility index (Phi) is 58.3. The first kappa shape index (κ1) is 83.1. The zero-order valence-corrected chi connectivity index (χ0v) is 56.5. The average Bonchev–Trinajstić information content (AvgIpc) is 3.50. The van der Waals surface area contributed by atoms with E-state index in [1.807, 2.05) is 0 Å². The number of aliphatic hydroxyl groups excluding tert-OH is 1. The predicted molar refractivity (Wildman–Crippen MR) is 340 cm³/mol. The molecular weight excluding hydrogens is 1130 g/mol. The lowest BCUT2D eigenvalue weighted by molar-refractivity contribution is -0.161. The highest BCUT2D eigenvalue weighted by atomic mass is 31.2. The molecule has 0 saturated heterocycles. The molecule has 0 aromatic heterocycles.